The van der Waals surface area contributed by atoms with E-state index in [2.05, 4.69) is 11.8 Å². The molecule has 2 N–H and O–H groups in total. The molecule has 0 radical (unpaired) electrons. The summed E-state index contributed by atoms with van der Waals surface area (Å²) in [4.78, 5) is 2.47. The SMILES string of the molecule is CCC1CCC(O)C(CN2CCCC(C)(O)CC2)C1. The largest absolute Gasteiger partial charge is 0.393 e. The van der Waals surface area contributed by atoms with Crippen molar-refractivity contribution in [2.75, 3.05) is 19.6 Å². The Hall–Kier alpha value is -0.120. The van der Waals surface area contributed by atoms with Crippen molar-refractivity contribution in [2.24, 2.45) is 11.8 Å². The van der Waals surface area contributed by atoms with E-state index in [0.717, 1.165) is 51.2 Å². The molecule has 4 unspecified atom stereocenters. The van der Waals surface area contributed by atoms with Gasteiger partial charge in [0.15, 0.2) is 0 Å². The lowest BCUT2D eigenvalue weighted by molar-refractivity contribution is 0.0222. The van der Waals surface area contributed by atoms with Crippen LogP contribution in [0.15, 0.2) is 0 Å². The molecule has 2 aliphatic rings. The lowest BCUT2D eigenvalue weighted by Crippen LogP contribution is -2.39. The maximum Gasteiger partial charge on any atom is 0.0632 e. The van der Waals surface area contributed by atoms with E-state index >= 15 is 0 Å². The van der Waals surface area contributed by atoms with Crippen molar-refractivity contribution in [2.45, 2.75) is 70.5 Å². The maximum absolute atomic E-state index is 10.2. The zero-order chi connectivity index (χ0) is 13.9. The van der Waals surface area contributed by atoms with Gasteiger partial charge in [-0.05, 0) is 63.8 Å². The molecule has 0 spiro atoms. The van der Waals surface area contributed by atoms with Crippen LogP contribution in [0.4, 0.5) is 0 Å². The van der Waals surface area contributed by atoms with Crippen LogP contribution in [0.1, 0.15) is 58.8 Å². The quantitative estimate of drug-likeness (QED) is 0.827. The van der Waals surface area contributed by atoms with Crippen molar-refractivity contribution >= 4 is 0 Å². The minimum atomic E-state index is -0.480. The van der Waals surface area contributed by atoms with Gasteiger partial charge in [0.2, 0.25) is 0 Å². The van der Waals surface area contributed by atoms with E-state index in [9.17, 15) is 10.2 Å². The van der Waals surface area contributed by atoms with E-state index < -0.39 is 5.60 Å². The Kier molecular flexibility index (Phi) is 5.27. The van der Waals surface area contributed by atoms with Crippen LogP contribution in [0.5, 0.6) is 0 Å². The first-order valence-corrected chi connectivity index (χ1v) is 8.13. The Morgan fingerprint density at radius 3 is 2.74 bits per heavy atom. The first kappa shape index (κ1) is 15.3. The zero-order valence-electron chi connectivity index (χ0n) is 12.6. The highest BCUT2D eigenvalue weighted by atomic mass is 16.3. The van der Waals surface area contributed by atoms with Gasteiger partial charge in [-0.2, -0.15) is 0 Å². The molecule has 1 saturated heterocycles. The van der Waals surface area contributed by atoms with Crippen LogP contribution in [0.3, 0.4) is 0 Å². The minimum absolute atomic E-state index is 0.105. The number of aliphatic hydroxyl groups is 2. The summed E-state index contributed by atoms with van der Waals surface area (Å²) in [5.74, 6) is 1.25. The summed E-state index contributed by atoms with van der Waals surface area (Å²) in [5, 5.41) is 20.3. The molecule has 0 aromatic rings. The second-order valence-corrected chi connectivity index (χ2v) is 7.07. The highest BCUT2D eigenvalue weighted by molar-refractivity contribution is 4.84. The normalized spacial score (nSPS) is 42.0. The average Bonchev–Trinajstić information content (AvgIpc) is 2.54. The molecule has 1 saturated carbocycles. The van der Waals surface area contributed by atoms with E-state index in [0.29, 0.717) is 5.92 Å². The summed E-state index contributed by atoms with van der Waals surface area (Å²) in [6.45, 7) is 7.30. The molecule has 2 rings (SSSR count). The molecule has 19 heavy (non-hydrogen) atoms. The Morgan fingerprint density at radius 2 is 2.00 bits per heavy atom. The van der Waals surface area contributed by atoms with Crippen molar-refractivity contribution in [3.8, 4) is 0 Å². The van der Waals surface area contributed by atoms with Gasteiger partial charge in [0.25, 0.3) is 0 Å². The number of likely N-dealkylation sites (tertiary alicyclic amines) is 1. The van der Waals surface area contributed by atoms with E-state index in [4.69, 9.17) is 0 Å². The molecule has 3 nitrogen and oxygen atoms in total. The molecule has 3 heteroatoms. The molecular formula is C16H31NO2. The predicted molar refractivity (Wildman–Crippen MR) is 78.0 cm³/mol. The molecule has 0 amide bonds. The number of aliphatic hydroxyl groups excluding tert-OH is 1. The van der Waals surface area contributed by atoms with E-state index in [1.807, 2.05) is 6.92 Å². The van der Waals surface area contributed by atoms with Crippen molar-refractivity contribution in [1.82, 2.24) is 4.90 Å². The molecule has 1 aliphatic carbocycles. The van der Waals surface area contributed by atoms with Gasteiger partial charge in [-0.3, -0.25) is 0 Å². The van der Waals surface area contributed by atoms with Crippen LogP contribution in [0.2, 0.25) is 0 Å². The van der Waals surface area contributed by atoms with E-state index in [1.54, 1.807) is 0 Å². The average molecular weight is 269 g/mol. The van der Waals surface area contributed by atoms with Crippen LogP contribution in [0.25, 0.3) is 0 Å². The molecular weight excluding hydrogens is 238 g/mol. The van der Waals surface area contributed by atoms with Crippen LogP contribution in [-0.4, -0.2) is 46.5 Å². The number of hydrogen-bond donors (Lipinski definition) is 2. The lowest BCUT2D eigenvalue weighted by Gasteiger charge is -2.36. The number of hydrogen-bond acceptors (Lipinski definition) is 3. The van der Waals surface area contributed by atoms with Gasteiger partial charge in [0.1, 0.15) is 0 Å². The van der Waals surface area contributed by atoms with Gasteiger partial charge in [0, 0.05) is 13.1 Å². The van der Waals surface area contributed by atoms with Gasteiger partial charge >= 0.3 is 0 Å². The standard InChI is InChI=1S/C16H31NO2/c1-3-13-5-6-15(18)14(11-13)12-17-9-4-7-16(2,19)8-10-17/h13-15,18-19H,3-12H2,1-2H3. The van der Waals surface area contributed by atoms with Crippen molar-refractivity contribution in [3.63, 3.8) is 0 Å². The fourth-order valence-electron chi connectivity index (χ4n) is 3.75. The Labute approximate surface area is 118 Å². The first-order valence-electron chi connectivity index (χ1n) is 8.13. The molecule has 0 bridgehead atoms. The summed E-state index contributed by atoms with van der Waals surface area (Å²) in [6.07, 6.45) is 7.36. The lowest BCUT2D eigenvalue weighted by atomic mass is 9.78. The van der Waals surface area contributed by atoms with Gasteiger partial charge in [-0.1, -0.05) is 13.3 Å². The Bertz CT molecular complexity index is 280. The first-order chi connectivity index (χ1) is 9.00. The Balaban J connectivity index is 1.85. The fourth-order valence-corrected chi connectivity index (χ4v) is 3.75. The molecule has 2 fully saturated rings. The third-order valence-corrected chi connectivity index (χ3v) is 5.28. The molecule has 112 valence electrons. The number of nitrogens with zero attached hydrogens (tertiary/aromatic N) is 1. The third kappa shape index (κ3) is 4.44. The van der Waals surface area contributed by atoms with E-state index in [-0.39, 0.29) is 6.10 Å². The van der Waals surface area contributed by atoms with Crippen LogP contribution < -0.4 is 0 Å². The molecule has 4 atom stereocenters. The third-order valence-electron chi connectivity index (χ3n) is 5.28. The van der Waals surface area contributed by atoms with Crippen LogP contribution >= 0.6 is 0 Å². The smallest absolute Gasteiger partial charge is 0.0632 e. The summed E-state index contributed by atoms with van der Waals surface area (Å²) >= 11 is 0. The molecule has 1 aliphatic heterocycles. The van der Waals surface area contributed by atoms with Gasteiger partial charge < -0.3 is 15.1 Å². The maximum atomic E-state index is 10.2. The number of rotatable bonds is 3. The molecule has 0 aromatic carbocycles. The minimum Gasteiger partial charge on any atom is -0.393 e. The van der Waals surface area contributed by atoms with Gasteiger partial charge in [-0.15, -0.1) is 0 Å². The second kappa shape index (κ2) is 6.55. The Morgan fingerprint density at radius 1 is 1.21 bits per heavy atom. The second-order valence-electron chi connectivity index (χ2n) is 7.07. The highest BCUT2D eigenvalue weighted by Gasteiger charge is 2.31. The van der Waals surface area contributed by atoms with Gasteiger partial charge in [-0.25, -0.2) is 0 Å². The van der Waals surface area contributed by atoms with Crippen molar-refractivity contribution in [3.05, 3.63) is 0 Å². The van der Waals surface area contributed by atoms with Crippen molar-refractivity contribution < 1.29 is 10.2 Å². The highest BCUT2D eigenvalue weighted by Crippen LogP contribution is 2.32. The van der Waals surface area contributed by atoms with Gasteiger partial charge in [0.05, 0.1) is 11.7 Å². The summed E-state index contributed by atoms with van der Waals surface area (Å²) in [5.41, 5.74) is -0.480. The van der Waals surface area contributed by atoms with E-state index in [1.165, 1.54) is 19.3 Å². The summed E-state index contributed by atoms with van der Waals surface area (Å²) in [7, 11) is 0. The zero-order valence-corrected chi connectivity index (χ0v) is 12.6. The fraction of sp³-hybridized carbons (Fsp3) is 1.00. The molecule has 1 heterocycles. The van der Waals surface area contributed by atoms with Crippen LogP contribution in [0, 0.1) is 11.8 Å². The topological polar surface area (TPSA) is 43.7 Å². The molecule has 0 aromatic heterocycles. The van der Waals surface area contributed by atoms with Crippen LogP contribution in [-0.2, 0) is 0 Å². The monoisotopic (exact) mass is 269 g/mol. The van der Waals surface area contributed by atoms with Crippen molar-refractivity contribution in [1.29, 1.82) is 0 Å². The predicted octanol–water partition coefficient (Wildman–Crippen LogP) is 2.41. The summed E-state index contributed by atoms with van der Waals surface area (Å²) < 4.78 is 0. The summed E-state index contributed by atoms with van der Waals surface area (Å²) in [6, 6.07) is 0.